The normalized spacial score (nSPS) is 22.1. The molecule has 1 fully saturated rings. The molecule has 1 N–H and O–H groups in total. The molecule has 2 nitrogen and oxygen atoms in total. The predicted octanol–water partition coefficient (Wildman–Crippen LogP) is 3.80. The number of hydrogen-bond acceptors (Lipinski definition) is 2. The van der Waals surface area contributed by atoms with Gasteiger partial charge in [0, 0.05) is 23.6 Å². The molecule has 1 aliphatic rings. The quantitative estimate of drug-likeness (QED) is 0.907. The molecule has 2 unspecified atom stereocenters. The zero-order valence-electron chi connectivity index (χ0n) is 11.6. The van der Waals surface area contributed by atoms with E-state index >= 15 is 0 Å². The van der Waals surface area contributed by atoms with Gasteiger partial charge in [-0.05, 0) is 53.0 Å². The third kappa shape index (κ3) is 3.69. The SMILES string of the molecule is CCC(C)C1CN(c2ccc(F)cc2Br)CCCN1. The Morgan fingerprint density at radius 3 is 3.00 bits per heavy atom. The van der Waals surface area contributed by atoms with E-state index in [-0.39, 0.29) is 5.82 Å². The average molecular weight is 329 g/mol. The van der Waals surface area contributed by atoms with Crippen molar-refractivity contribution >= 4 is 21.6 Å². The Balaban J connectivity index is 2.17. The summed E-state index contributed by atoms with van der Waals surface area (Å²) in [5.74, 6) is 0.460. The lowest BCUT2D eigenvalue weighted by Gasteiger charge is -2.30. The van der Waals surface area contributed by atoms with Crippen molar-refractivity contribution in [1.29, 1.82) is 0 Å². The van der Waals surface area contributed by atoms with Crippen LogP contribution in [-0.4, -0.2) is 25.7 Å². The van der Waals surface area contributed by atoms with Gasteiger partial charge in [0.15, 0.2) is 0 Å². The molecule has 0 radical (unpaired) electrons. The minimum Gasteiger partial charge on any atom is -0.369 e. The summed E-state index contributed by atoms with van der Waals surface area (Å²) in [4.78, 5) is 2.36. The van der Waals surface area contributed by atoms with Crippen molar-refractivity contribution in [2.75, 3.05) is 24.5 Å². The van der Waals surface area contributed by atoms with Crippen molar-refractivity contribution in [3.8, 4) is 0 Å². The van der Waals surface area contributed by atoms with E-state index in [9.17, 15) is 4.39 Å². The Hall–Kier alpha value is -0.610. The van der Waals surface area contributed by atoms with Crippen LogP contribution in [0.2, 0.25) is 0 Å². The maximum absolute atomic E-state index is 13.2. The Morgan fingerprint density at radius 1 is 1.53 bits per heavy atom. The summed E-state index contributed by atoms with van der Waals surface area (Å²) in [5.41, 5.74) is 1.10. The Kier molecular flexibility index (Phi) is 5.22. The highest BCUT2D eigenvalue weighted by Crippen LogP contribution is 2.28. The molecule has 1 aromatic carbocycles. The summed E-state index contributed by atoms with van der Waals surface area (Å²) in [6, 6.07) is 5.46. The predicted molar refractivity (Wildman–Crippen MR) is 82.2 cm³/mol. The van der Waals surface area contributed by atoms with Gasteiger partial charge in [0.1, 0.15) is 5.82 Å². The Labute approximate surface area is 123 Å². The zero-order chi connectivity index (χ0) is 13.8. The lowest BCUT2D eigenvalue weighted by molar-refractivity contribution is 0.384. The van der Waals surface area contributed by atoms with Crippen LogP contribution < -0.4 is 10.2 Å². The average Bonchev–Trinajstić information content (AvgIpc) is 2.63. The van der Waals surface area contributed by atoms with Gasteiger partial charge in [-0.2, -0.15) is 0 Å². The van der Waals surface area contributed by atoms with Gasteiger partial charge in [0.2, 0.25) is 0 Å². The number of rotatable bonds is 3. The van der Waals surface area contributed by atoms with Crippen molar-refractivity contribution in [3.05, 3.63) is 28.5 Å². The standard InChI is InChI=1S/C15H22BrFN2/c1-3-11(2)14-10-19(8-4-7-18-14)15-6-5-12(17)9-13(15)16/h5-6,9,11,14,18H,3-4,7-8,10H2,1-2H3. The molecule has 1 aliphatic heterocycles. The topological polar surface area (TPSA) is 15.3 Å². The van der Waals surface area contributed by atoms with Crippen LogP contribution >= 0.6 is 15.9 Å². The lowest BCUT2D eigenvalue weighted by Crippen LogP contribution is -2.42. The zero-order valence-corrected chi connectivity index (χ0v) is 13.2. The van der Waals surface area contributed by atoms with Crippen molar-refractivity contribution in [2.45, 2.75) is 32.7 Å². The molecule has 2 rings (SSSR count). The summed E-state index contributed by atoms with van der Waals surface area (Å²) < 4.78 is 14.0. The number of benzene rings is 1. The van der Waals surface area contributed by atoms with Crippen LogP contribution in [0.3, 0.4) is 0 Å². The number of nitrogens with zero attached hydrogens (tertiary/aromatic N) is 1. The Bertz CT molecular complexity index is 425. The van der Waals surface area contributed by atoms with Gasteiger partial charge in [-0.3, -0.25) is 0 Å². The van der Waals surface area contributed by atoms with E-state index in [4.69, 9.17) is 0 Å². The third-order valence-electron chi connectivity index (χ3n) is 4.01. The van der Waals surface area contributed by atoms with Crippen molar-refractivity contribution < 1.29 is 4.39 Å². The van der Waals surface area contributed by atoms with Gasteiger partial charge in [0.05, 0.1) is 5.69 Å². The first kappa shape index (κ1) is 14.8. The highest BCUT2D eigenvalue weighted by atomic mass is 79.9. The van der Waals surface area contributed by atoms with Crippen LogP contribution in [0.15, 0.2) is 22.7 Å². The van der Waals surface area contributed by atoms with Crippen molar-refractivity contribution in [1.82, 2.24) is 5.32 Å². The fourth-order valence-corrected chi connectivity index (χ4v) is 3.17. The van der Waals surface area contributed by atoms with Gasteiger partial charge in [-0.1, -0.05) is 20.3 Å². The van der Waals surface area contributed by atoms with E-state index < -0.39 is 0 Å². The van der Waals surface area contributed by atoms with Crippen LogP contribution in [0, 0.1) is 11.7 Å². The molecule has 0 aliphatic carbocycles. The Morgan fingerprint density at radius 2 is 2.32 bits per heavy atom. The molecule has 0 saturated carbocycles. The van der Waals surface area contributed by atoms with Crippen molar-refractivity contribution in [2.24, 2.45) is 5.92 Å². The largest absolute Gasteiger partial charge is 0.369 e. The van der Waals surface area contributed by atoms with Crippen LogP contribution in [0.5, 0.6) is 0 Å². The van der Waals surface area contributed by atoms with Crippen LogP contribution in [0.4, 0.5) is 10.1 Å². The fraction of sp³-hybridized carbons (Fsp3) is 0.600. The summed E-state index contributed by atoms with van der Waals surface area (Å²) in [6.45, 7) is 7.59. The molecule has 0 bridgehead atoms. The number of anilines is 1. The highest BCUT2D eigenvalue weighted by molar-refractivity contribution is 9.10. The third-order valence-corrected chi connectivity index (χ3v) is 4.64. The molecule has 2 atom stereocenters. The minimum atomic E-state index is -0.193. The first-order valence-corrected chi connectivity index (χ1v) is 7.84. The molecule has 4 heteroatoms. The van der Waals surface area contributed by atoms with Gasteiger partial charge in [0.25, 0.3) is 0 Å². The van der Waals surface area contributed by atoms with Crippen molar-refractivity contribution in [3.63, 3.8) is 0 Å². The van der Waals surface area contributed by atoms with Gasteiger partial charge in [-0.25, -0.2) is 4.39 Å². The second-order valence-electron chi connectivity index (χ2n) is 5.34. The van der Waals surface area contributed by atoms with Crippen LogP contribution in [0.25, 0.3) is 0 Å². The molecular formula is C15H22BrFN2. The fourth-order valence-electron chi connectivity index (χ4n) is 2.57. The first-order valence-electron chi connectivity index (χ1n) is 7.05. The molecule has 0 amide bonds. The summed E-state index contributed by atoms with van der Waals surface area (Å²) in [5, 5.41) is 3.63. The van der Waals surface area contributed by atoms with E-state index in [2.05, 4.69) is 40.0 Å². The number of hydrogen-bond donors (Lipinski definition) is 1. The second kappa shape index (κ2) is 6.71. The minimum absolute atomic E-state index is 0.193. The van der Waals surface area contributed by atoms with E-state index in [1.54, 1.807) is 6.07 Å². The molecule has 1 saturated heterocycles. The number of halogens is 2. The monoisotopic (exact) mass is 328 g/mol. The first-order chi connectivity index (χ1) is 9.11. The highest BCUT2D eigenvalue weighted by Gasteiger charge is 2.22. The van der Waals surface area contributed by atoms with E-state index in [1.807, 2.05) is 6.07 Å². The lowest BCUT2D eigenvalue weighted by atomic mass is 9.99. The summed E-state index contributed by atoms with van der Waals surface area (Å²) in [6.07, 6.45) is 2.30. The number of nitrogens with one attached hydrogen (secondary N) is 1. The molecule has 1 aromatic rings. The van der Waals surface area contributed by atoms with E-state index in [0.29, 0.717) is 12.0 Å². The van der Waals surface area contributed by atoms with Gasteiger partial charge >= 0.3 is 0 Å². The second-order valence-corrected chi connectivity index (χ2v) is 6.20. The van der Waals surface area contributed by atoms with Crippen LogP contribution in [0.1, 0.15) is 26.7 Å². The maximum atomic E-state index is 13.2. The molecule has 106 valence electrons. The summed E-state index contributed by atoms with van der Waals surface area (Å²) >= 11 is 3.48. The van der Waals surface area contributed by atoms with E-state index in [1.165, 1.54) is 12.5 Å². The molecular weight excluding hydrogens is 307 g/mol. The van der Waals surface area contributed by atoms with Crippen LogP contribution in [-0.2, 0) is 0 Å². The summed E-state index contributed by atoms with van der Waals surface area (Å²) in [7, 11) is 0. The van der Waals surface area contributed by atoms with Gasteiger partial charge in [-0.15, -0.1) is 0 Å². The molecule has 1 heterocycles. The molecule has 0 aromatic heterocycles. The molecule has 0 spiro atoms. The van der Waals surface area contributed by atoms with Gasteiger partial charge < -0.3 is 10.2 Å². The molecule has 19 heavy (non-hydrogen) atoms. The van der Waals surface area contributed by atoms with E-state index in [0.717, 1.165) is 36.2 Å². The maximum Gasteiger partial charge on any atom is 0.124 e. The smallest absolute Gasteiger partial charge is 0.124 e.